The summed E-state index contributed by atoms with van der Waals surface area (Å²) < 4.78 is 1.44. The standard InChI is InChI=1S/C13H14N4O3/c1-16(2)12(18)10-5-6-17(15-10)11-4-3-8(13(19)20)7-9(11)14/h3-7H,14H2,1-2H3,(H,19,20). The van der Waals surface area contributed by atoms with Gasteiger partial charge in [-0.3, -0.25) is 4.79 Å². The maximum Gasteiger partial charge on any atom is 0.335 e. The minimum atomic E-state index is -1.05. The molecule has 0 saturated carbocycles. The Bertz CT molecular complexity index is 676. The SMILES string of the molecule is CN(C)C(=O)c1ccn(-c2ccc(C(=O)O)cc2N)n1. The van der Waals surface area contributed by atoms with Gasteiger partial charge in [-0.2, -0.15) is 5.10 Å². The molecule has 7 heteroatoms. The van der Waals surface area contributed by atoms with E-state index in [0.29, 0.717) is 5.69 Å². The predicted molar refractivity (Wildman–Crippen MR) is 73.0 cm³/mol. The number of hydrogen-bond donors (Lipinski definition) is 2. The average Bonchev–Trinajstić information content (AvgIpc) is 2.86. The first-order chi connectivity index (χ1) is 9.40. The molecule has 3 N–H and O–H groups in total. The summed E-state index contributed by atoms with van der Waals surface area (Å²) in [7, 11) is 3.27. The van der Waals surface area contributed by atoms with Gasteiger partial charge in [-0.05, 0) is 24.3 Å². The Hall–Kier alpha value is -2.83. The van der Waals surface area contributed by atoms with Crippen LogP contribution in [0.3, 0.4) is 0 Å². The van der Waals surface area contributed by atoms with E-state index in [1.165, 1.54) is 21.7 Å². The van der Waals surface area contributed by atoms with Crippen LogP contribution in [0.1, 0.15) is 20.8 Å². The van der Waals surface area contributed by atoms with Crippen molar-refractivity contribution in [3.8, 4) is 5.69 Å². The molecule has 104 valence electrons. The van der Waals surface area contributed by atoms with Crippen LogP contribution in [0.2, 0.25) is 0 Å². The first kappa shape index (κ1) is 13.6. The van der Waals surface area contributed by atoms with Crippen LogP contribution in [0.25, 0.3) is 5.69 Å². The normalized spacial score (nSPS) is 10.3. The molecule has 0 spiro atoms. The van der Waals surface area contributed by atoms with E-state index in [4.69, 9.17) is 10.8 Å². The van der Waals surface area contributed by atoms with Crippen LogP contribution >= 0.6 is 0 Å². The minimum absolute atomic E-state index is 0.1000. The number of anilines is 1. The number of aromatic nitrogens is 2. The summed E-state index contributed by atoms with van der Waals surface area (Å²) in [6.07, 6.45) is 1.60. The van der Waals surface area contributed by atoms with Crippen molar-refractivity contribution in [3.05, 3.63) is 41.7 Å². The Morgan fingerprint density at radius 1 is 1.30 bits per heavy atom. The molecule has 2 rings (SSSR count). The molecule has 0 bridgehead atoms. The monoisotopic (exact) mass is 274 g/mol. The van der Waals surface area contributed by atoms with E-state index in [1.807, 2.05) is 0 Å². The van der Waals surface area contributed by atoms with Gasteiger partial charge in [0, 0.05) is 20.3 Å². The van der Waals surface area contributed by atoms with Crippen LogP contribution < -0.4 is 5.73 Å². The van der Waals surface area contributed by atoms with Gasteiger partial charge in [0.15, 0.2) is 5.69 Å². The summed E-state index contributed by atoms with van der Waals surface area (Å²) in [5.74, 6) is -1.27. The maximum absolute atomic E-state index is 11.8. The van der Waals surface area contributed by atoms with Crippen LogP contribution in [0, 0.1) is 0 Å². The van der Waals surface area contributed by atoms with Crippen molar-refractivity contribution in [1.82, 2.24) is 14.7 Å². The summed E-state index contributed by atoms with van der Waals surface area (Å²) in [5.41, 5.74) is 7.00. The molecule has 1 aromatic heterocycles. The molecule has 0 aliphatic heterocycles. The van der Waals surface area contributed by atoms with Gasteiger partial charge in [0.05, 0.1) is 16.9 Å². The van der Waals surface area contributed by atoms with E-state index < -0.39 is 5.97 Å². The predicted octanol–water partition coefficient (Wildman–Crippen LogP) is 0.855. The molecule has 7 nitrogen and oxygen atoms in total. The molecule has 20 heavy (non-hydrogen) atoms. The van der Waals surface area contributed by atoms with Crippen molar-refractivity contribution in [1.29, 1.82) is 0 Å². The molecule has 0 saturated heterocycles. The number of benzene rings is 1. The topological polar surface area (TPSA) is 101 Å². The fraction of sp³-hybridized carbons (Fsp3) is 0.154. The fourth-order valence-corrected chi connectivity index (χ4v) is 1.70. The molecule has 2 aromatic rings. The Morgan fingerprint density at radius 3 is 2.55 bits per heavy atom. The minimum Gasteiger partial charge on any atom is -0.478 e. The Balaban J connectivity index is 2.38. The summed E-state index contributed by atoms with van der Waals surface area (Å²) in [6.45, 7) is 0. The number of nitrogens with zero attached hydrogens (tertiary/aromatic N) is 3. The van der Waals surface area contributed by atoms with Crippen molar-refractivity contribution >= 4 is 17.6 Å². The van der Waals surface area contributed by atoms with Crippen LogP contribution in [0.5, 0.6) is 0 Å². The molecule has 0 aliphatic rings. The number of aromatic carboxylic acids is 1. The Labute approximate surface area is 115 Å². The highest BCUT2D eigenvalue weighted by atomic mass is 16.4. The van der Waals surface area contributed by atoms with Crippen molar-refractivity contribution in [3.63, 3.8) is 0 Å². The van der Waals surface area contributed by atoms with Crippen LogP contribution in [-0.2, 0) is 0 Å². The second-order valence-corrected chi connectivity index (χ2v) is 4.42. The van der Waals surface area contributed by atoms with E-state index in [-0.39, 0.29) is 22.9 Å². The molecule has 0 unspecified atom stereocenters. The average molecular weight is 274 g/mol. The zero-order chi connectivity index (χ0) is 14.9. The number of rotatable bonds is 3. The number of nitrogens with two attached hydrogens (primary N) is 1. The fourth-order valence-electron chi connectivity index (χ4n) is 1.70. The second kappa shape index (κ2) is 5.04. The third-order valence-corrected chi connectivity index (χ3v) is 2.74. The summed E-state index contributed by atoms with van der Waals surface area (Å²) in [5, 5.41) is 13.0. The Morgan fingerprint density at radius 2 is 2.00 bits per heavy atom. The lowest BCUT2D eigenvalue weighted by molar-refractivity contribution is 0.0696. The molecular formula is C13H14N4O3. The lowest BCUT2D eigenvalue weighted by Crippen LogP contribution is -2.22. The maximum atomic E-state index is 11.8. The van der Waals surface area contributed by atoms with Crippen LogP contribution in [0.4, 0.5) is 5.69 Å². The van der Waals surface area contributed by atoms with Crippen LogP contribution in [0.15, 0.2) is 30.5 Å². The highest BCUT2D eigenvalue weighted by Gasteiger charge is 2.13. The van der Waals surface area contributed by atoms with Crippen LogP contribution in [-0.4, -0.2) is 45.8 Å². The number of hydrogen-bond acceptors (Lipinski definition) is 4. The van der Waals surface area contributed by atoms with E-state index >= 15 is 0 Å². The summed E-state index contributed by atoms with van der Waals surface area (Å²) >= 11 is 0. The number of carbonyl (C=O) groups is 2. The van der Waals surface area contributed by atoms with E-state index in [9.17, 15) is 9.59 Å². The molecule has 0 atom stereocenters. The van der Waals surface area contributed by atoms with E-state index in [2.05, 4.69) is 5.10 Å². The zero-order valence-electron chi connectivity index (χ0n) is 11.1. The van der Waals surface area contributed by atoms with Crippen molar-refractivity contribution in [2.45, 2.75) is 0 Å². The number of carboxylic acid groups (broad SMARTS) is 1. The molecule has 1 aromatic carbocycles. The molecule has 1 amide bonds. The quantitative estimate of drug-likeness (QED) is 0.808. The van der Waals surface area contributed by atoms with Gasteiger partial charge in [-0.1, -0.05) is 0 Å². The third kappa shape index (κ3) is 2.46. The van der Waals surface area contributed by atoms with Gasteiger partial charge in [0.25, 0.3) is 5.91 Å². The van der Waals surface area contributed by atoms with Gasteiger partial charge in [0.2, 0.25) is 0 Å². The Kier molecular flexibility index (Phi) is 3.43. The highest BCUT2D eigenvalue weighted by molar-refractivity contribution is 5.92. The molecule has 0 radical (unpaired) electrons. The summed E-state index contributed by atoms with van der Waals surface area (Å²) in [6, 6.07) is 5.92. The summed E-state index contributed by atoms with van der Waals surface area (Å²) in [4.78, 5) is 24.0. The third-order valence-electron chi connectivity index (χ3n) is 2.74. The largest absolute Gasteiger partial charge is 0.478 e. The molecule has 0 aliphatic carbocycles. The smallest absolute Gasteiger partial charge is 0.335 e. The lowest BCUT2D eigenvalue weighted by Gasteiger charge is -2.08. The second-order valence-electron chi connectivity index (χ2n) is 4.42. The van der Waals surface area contributed by atoms with Crippen molar-refractivity contribution < 1.29 is 14.7 Å². The highest BCUT2D eigenvalue weighted by Crippen LogP contribution is 2.19. The van der Waals surface area contributed by atoms with Gasteiger partial charge in [-0.15, -0.1) is 0 Å². The lowest BCUT2D eigenvalue weighted by atomic mass is 10.2. The molecular weight excluding hydrogens is 260 g/mol. The van der Waals surface area contributed by atoms with Gasteiger partial charge in [0.1, 0.15) is 0 Å². The van der Waals surface area contributed by atoms with Gasteiger partial charge in [-0.25, -0.2) is 9.48 Å². The zero-order valence-corrected chi connectivity index (χ0v) is 11.1. The van der Waals surface area contributed by atoms with E-state index in [0.717, 1.165) is 0 Å². The number of carbonyl (C=O) groups excluding carboxylic acids is 1. The first-order valence-corrected chi connectivity index (χ1v) is 5.80. The first-order valence-electron chi connectivity index (χ1n) is 5.80. The molecule has 1 heterocycles. The van der Waals surface area contributed by atoms with Crippen molar-refractivity contribution in [2.75, 3.05) is 19.8 Å². The van der Waals surface area contributed by atoms with Gasteiger partial charge < -0.3 is 15.7 Å². The number of carboxylic acids is 1. The van der Waals surface area contributed by atoms with Crippen molar-refractivity contribution in [2.24, 2.45) is 0 Å². The molecule has 0 fully saturated rings. The van der Waals surface area contributed by atoms with E-state index in [1.54, 1.807) is 32.4 Å². The van der Waals surface area contributed by atoms with Gasteiger partial charge >= 0.3 is 5.97 Å². The number of amides is 1. The number of nitrogen functional groups attached to an aromatic ring is 1.